The van der Waals surface area contributed by atoms with Crippen molar-refractivity contribution in [3.8, 4) is 0 Å². The normalized spacial score (nSPS) is 12.0. The fourth-order valence-corrected chi connectivity index (χ4v) is 0. The van der Waals surface area contributed by atoms with Crippen LogP contribution in [0.15, 0.2) is 0 Å². The molecule has 0 aliphatic rings. The van der Waals surface area contributed by atoms with Gasteiger partial charge in [0.2, 0.25) is 0 Å². The Hall–Kier alpha value is 2.79. The van der Waals surface area contributed by atoms with Gasteiger partial charge in [-0.1, -0.05) is 86.9 Å². The summed E-state index contributed by atoms with van der Waals surface area (Å²) in [5, 5.41) is 0. The lowest BCUT2D eigenvalue weighted by atomic mass is 11.0. The monoisotopic (exact) mass is 474 g/mol. The van der Waals surface area contributed by atoms with Gasteiger partial charge in [-0.15, -0.1) is 11.6 Å². The molecule has 0 saturated carbocycles. The molecule has 0 spiro atoms. The van der Waals surface area contributed by atoms with E-state index in [9.17, 15) is 0 Å². The van der Waals surface area contributed by atoms with Crippen LogP contribution in [0.1, 0.15) is 6.92 Å². The number of hydrogen-bond acceptors (Lipinski definition) is 0. The Kier molecular flexibility index (Phi) is 10.5. The second-order valence-corrected chi connectivity index (χ2v) is 13.0. The molecule has 0 aromatic rings. The minimum atomic E-state index is -0.596. The molecule has 0 radical (unpaired) electrons. The molecular formula is C4H5Br4Cl3. The molecule has 0 N–H and O–H groups in total. The van der Waals surface area contributed by atoms with E-state index in [1.807, 2.05) is 0 Å². The summed E-state index contributed by atoms with van der Waals surface area (Å²) in [4.78, 5) is 0. The van der Waals surface area contributed by atoms with Gasteiger partial charge in [0.25, 0.3) is 0 Å². The van der Waals surface area contributed by atoms with E-state index >= 15 is 0 Å². The Morgan fingerprint density at radius 1 is 1.09 bits per heavy atom. The molecule has 11 heavy (non-hydrogen) atoms. The minimum Gasteiger partial charge on any atom is -0.123 e. The van der Waals surface area contributed by atoms with E-state index < -0.39 is 5.39 Å². The fraction of sp³-hybridized carbons (Fsp3) is 1.00. The lowest BCUT2D eigenvalue weighted by Gasteiger charge is -2.02. The average Bonchev–Trinajstić information content (AvgIpc) is 1.59. The highest BCUT2D eigenvalue weighted by molar-refractivity contribution is 9.26. The number of halogens is 7. The molecule has 0 saturated heterocycles. The zero-order valence-electron chi connectivity index (χ0n) is 5.35. The van der Waals surface area contributed by atoms with Crippen LogP contribution in [0.3, 0.4) is 0 Å². The number of rotatable bonds is 1. The van der Waals surface area contributed by atoms with Crippen molar-refractivity contribution in [2.75, 3.05) is 5.88 Å². The Balaban J connectivity index is 0. The lowest BCUT2D eigenvalue weighted by molar-refractivity contribution is 1.37. The van der Waals surface area contributed by atoms with Crippen LogP contribution in [0.2, 0.25) is 0 Å². The van der Waals surface area contributed by atoms with Crippen LogP contribution in [0.25, 0.3) is 0 Å². The fourth-order valence-electron chi connectivity index (χ4n) is 0. The molecule has 7 heteroatoms. The average molecular weight is 479 g/mol. The zero-order chi connectivity index (χ0) is 9.71. The van der Waals surface area contributed by atoms with Gasteiger partial charge in [0.05, 0.1) is 5.88 Å². The van der Waals surface area contributed by atoms with Gasteiger partial charge in [0.1, 0.15) is 0 Å². The summed E-state index contributed by atoms with van der Waals surface area (Å²) in [5.74, 6) is 0.342. The highest BCUT2D eigenvalue weighted by Crippen LogP contribution is 2.31. The molecule has 0 aliphatic carbocycles. The van der Waals surface area contributed by atoms with E-state index in [2.05, 4.69) is 63.7 Å². The Morgan fingerprint density at radius 3 is 1.18 bits per heavy atom. The molecule has 0 bridgehead atoms. The van der Waals surface area contributed by atoms with Crippen molar-refractivity contribution in [3.05, 3.63) is 0 Å². The second kappa shape index (κ2) is 7.13. The van der Waals surface area contributed by atoms with Crippen LogP contribution in [0, 0.1) is 0 Å². The van der Waals surface area contributed by atoms with Gasteiger partial charge in [0.15, 0.2) is 5.39 Å². The predicted molar refractivity (Wildman–Crippen MR) is 69.3 cm³/mol. The molecular weight excluding hydrogens is 474 g/mol. The first-order valence-corrected chi connectivity index (χ1v) is 6.72. The van der Waals surface area contributed by atoms with Gasteiger partial charge in [-0.25, -0.2) is 0 Å². The molecule has 0 rings (SSSR count). The topological polar surface area (TPSA) is 0 Å². The summed E-state index contributed by atoms with van der Waals surface area (Å²) in [5.41, 5.74) is 0. The van der Waals surface area contributed by atoms with Crippen molar-refractivity contribution in [2.45, 2.75) is 12.3 Å². The van der Waals surface area contributed by atoms with E-state index in [4.69, 9.17) is 34.8 Å². The predicted octanol–water partition coefficient (Wildman–Crippen LogP) is 5.60. The first-order valence-electron chi connectivity index (χ1n) is 2.25. The van der Waals surface area contributed by atoms with E-state index in [0.717, 1.165) is 0 Å². The van der Waals surface area contributed by atoms with Gasteiger partial charge in [-0.3, -0.25) is 0 Å². The maximum absolute atomic E-state index is 5.42. The molecule has 0 heterocycles. The standard InChI is InChI=1S/C2H2Br2Cl2.C2H3Br2Cl/c3-2(4,6)1-5;1-2(3,4)5/h1H2;1H3. The van der Waals surface area contributed by atoms with Crippen LogP contribution < -0.4 is 0 Å². The Morgan fingerprint density at radius 2 is 1.18 bits per heavy atom. The van der Waals surface area contributed by atoms with Gasteiger partial charge in [-0.05, 0) is 6.92 Å². The van der Waals surface area contributed by atoms with E-state index in [0.29, 0.717) is 5.88 Å². The van der Waals surface area contributed by atoms with Crippen molar-refractivity contribution in [1.29, 1.82) is 0 Å². The SMILES string of the molecule is CC(Cl)(Br)Br.ClCC(Cl)(Br)Br. The van der Waals surface area contributed by atoms with Crippen LogP contribution in [-0.2, 0) is 0 Å². The van der Waals surface area contributed by atoms with Gasteiger partial charge < -0.3 is 0 Å². The highest BCUT2D eigenvalue weighted by Gasteiger charge is 2.14. The molecule has 0 atom stereocenters. The first-order chi connectivity index (χ1) is 4.56. The molecule has 0 fully saturated rings. The van der Waals surface area contributed by atoms with Crippen molar-refractivity contribution in [3.63, 3.8) is 0 Å². The third-order valence-corrected chi connectivity index (χ3v) is 2.03. The van der Waals surface area contributed by atoms with Crippen LogP contribution in [-0.4, -0.2) is 11.3 Å². The summed E-state index contributed by atoms with van der Waals surface area (Å²) in [7, 11) is 0. The molecule has 0 amide bonds. The van der Waals surface area contributed by atoms with Gasteiger partial charge in [-0.2, -0.15) is 0 Å². The molecule has 0 unspecified atom stereocenters. The van der Waals surface area contributed by atoms with Gasteiger partial charge >= 0.3 is 0 Å². The summed E-state index contributed by atoms with van der Waals surface area (Å²) in [6.45, 7) is 1.79. The van der Waals surface area contributed by atoms with Crippen LogP contribution in [0.4, 0.5) is 0 Å². The van der Waals surface area contributed by atoms with Crippen molar-refractivity contribution >= 4 is 98.5 Å². The summed E-state index contributed by atoms with van der Waals surface area (Å²) >= 11 is 28.2. The van der Waals surface area contributed by atoms with Crippen molar-refractivity contribution in [2.24, 2.45) is 0 Å². The van der Waals surface area contributed by atoms with Crippen molar-refractivity contribution in [1.82, 2.24) is 0 Å². The van der Waals surface area contributed by atoms with E-state index in [1.165, 1.54) is 0 Å². The van der Waals surface area contributed by atoms with Gasteiger partial charge in [0, 0.05) is 0 Å². The lowest BCUT2D eigenvalue weighted by Crippen LogP contribution is -1.99. The molecule has 0 aromatic carbocycles. The number of alkyl halides is 7. The first kappa shape index (κ1) is 16.2. The Labute approximate surface area is 115 Å². The van der Waals surface area contributed by atoms with Crippen LogP contribution >= 0.6 is 98.5 Å². The maximum Gasteiger partial charge on any atom is 0.166 e. The second-order valence-electron chi connectivity index (χ2n) is 1.53. The molecule has 0 aliphatic heterocycles. The van der Waals surface area contributed by atoms with E-state index in [1.54, 1.807) is 6.92 Å². The molecule has 70 valence electrons. The number of hydrogen-bond donors (Lipinski definition) is 0. The molecule has 0 nitrogen and oxygen atoms in total. The molecule has 0 aromatic heterocycles. The summed E-state index contributed by atoms with van der Waals surface area (Å²) in [6, 6.07) is 0. The zero-order valence-corrected chi connectivity index (χ0v) is 14.0. The van der Waals surface area contributed by atoms with Crippen LogP contribution in [0.5, 0.6) is 0 Å². The highest BCUT2D eigenvalue weighted by atomic mass is 79.9. The van der Waals surface area contributed by atoms with Crippen molar-refractivity contribution < 1.29 is 0 Å². The maximum atomic E-state index is 5.42. The Bertz CT molecular complexity index is 88.5. The summed E-state index contributed by atoms with van der Waals surface area (Å²) in [6.07, 6.45) is 0. The third-order valence-electron chi connectivity index (χ3n) is 0.152. The van der Waals surface area contributed by atoms with E-state index in [-0.39, 0.29) is 0 Å². The quantitative estimate of drug-likeness (QED) is 0.430. The smallest absolute Gasteiger partial charge is 0.123 e. The summed E-state index contributed by atoms with van der Waals surface area (Å²) < 4.78 is -0.998. The largest absolute Gasteiger partial charge is 0.166 e. The minimum absolute atomic E-state index is 0.342. The third kappa shape index (κ3) is 44.4.